The minimum Gasteiger partial charge on any atom is -0.481 e. The molecule has 3 N–H and O–H groups in total. The number of carboxylic acid groups (broad SMARTS) is 1. The molecule has 0 spiro atoms. The molecule has 2 atom stereocenters. The van der Waals surface area contributed by atoms with Gasteiger partial charge < -0.3 is 10.4 Å². The van der Waals surface area contributed by atoms with Gasteiger partial charge in [-0.25, -0.2) is 4.79 Å². The lowest BCUT2D eigenvalue weighted by Gasteiger charge is -2.33. The first-order valence-electron chi connectivity index (χ1n) is 8.38. The number of nitrogens with zero attached hydrogens (tertiary/aromatic N) is 1. The molecule has 136 valence electrons. The van der Waals surface area contributed by atoms with Gasteiger partial charge in [-0.15, -0.1) is 0 Å². The summed E-state index contributed by atoms with van der Waals surface area (Å²) < 4.78 is 0. The first-order valence-corrected chi connectivity index (χ1v) is 8.38. The summed E-state index contributed by atoms with van der Waals surface area (Å²) in [6.45, 7) is 6.79. The summed E-state index contributed by atoms with van der Waals surface area (Å²) in [5, 5.41) is 14.1. The summed E-state index contributed by atoms with van der Waals surface area (Å²) in [5.74, 6) is -1.56. The number of urea groups is 1. The summed E-state index contributed by atoms with van der Waals surface area (Å²) >= 11 is 0. The number of anilines is 1. The molecule has 0 aliphatic carbocycles. The van der Waals surface area contributed by atoms with Crippen LogP contribution in [0.4, 0.5) is 10.5 Å². The third kappa shape index (κ3) is 5.56. The Morgan fingerprint density at radius 2 is 1.96 bits per heavy atom. The Balaban J connectivity index is 1.86. The lowest BCUT2D eigenvalue weighted by Crippen LogP contribution is -2.48. The molecule has 1 heterocycles. The monoisotopic (exact) mass is 347 g/mol. The summed E-state index contributed by atoms with van der Waals surface area (Å²) in [7, 11) is 0. The molecule has 2 rings (SSSR count). The van der Waals surface area contributed by atoms with Gasteiger partial charge in [0.1, 0.15) is 0 Å². The van der Waals surface area contributed by atoms with E-state index in [0.717, 1.165) is 11.1 Å². The highest BCUT2D eigenvalue weighted by Gasteiger charge is 2.30. The highest BCUT2D eigenvalue weighted by molar-refractivity contribution is 6.02. The summed E-state index contributed by atoms with van der Waals surface area (Å²) in [6.07, 6.45) is 0.612. The Morgan fingerprint density at radius 1 is 1.24 bits per heavy atom. The van der Waals surface area contributed by atoms with Gasteiger partial charge in [-0.2, -0.15) is 0 Å². The average Bonchev–Trinajstić information content (AvgIpc) is 2.49. The van der Waals surface area contributed by atoms with Crippen molar-refractivity contribution in [3.05, 3.63) is 29.3 Å². The van der Waals surface area contributed by atoms with Crippen molar-refractivity contribution < 1.29 is 19.5 Å². The standard InChI is InChI=1S/C18H25N3O4/c1-11-4-5-15(13(3)6-11)19-18(25)20-16(22)10-21-8-12(2)7-14(9-21)17(23)24/h4-6,12,14H,7-10H2,1-3H3,(H,23,24)(H2,19,20,22,25). The van der Waals surface area contributed by atoms with E-state index in [9.17, 15) is 19.5 Å². The smallest absolute Gasteiger partial charge is 0.325 e. The molecule has 25 heavy (non-hydrogen) atoms. The van der Waals surface area contributed by atoms with E-state index in [4.69, 9.17) is 0 Å². The van der Waals surface area contributed by atoms with Gasteiger partial charge in [0.25, 0.3) is 0 Å². The van der Waals surface area contributed by atoms with E-state index >= 15 is 0 Å². The number of likely N-dealkylation sites (tertiary alicyclic amines) is 1. The highest BCUT2D eigenvalue weighted by Crippen LogP contribution is 2.21. The number of nitrogens with one attached hydrogen (secondary N) is 2. The molecule has 1 aromatic rings. The number of carboxylic acids is 1. The Labute approximate surface area is 147 Å². The Bertz CT molecular complexity index is 674. The van der Waals surface area contributed by atoms with Crippen LogP contribution in [0.2, 0.25) is 0 Å². The fourth-order valence-electron chi connectivity index (χ4n) is 3.25. The van der Waals surface area contributed by atoms with E-state index in [1.165, 1.54) is 0 Å². The molecule has 1 fully saturated rings. The predicted molar refractivity (Wildman–Crippen MR) is 94.4 cm³/mol. The van der Waals surface area contributed by atoms with Crippen LogP contribution in [0.5, 0.6) is 0 Å². The van der Waals surface area contributed by atoms with Crippen LogP contribution < -0.4 is 10.6 Å². The van der Waals surface area contributed by atoms with E-state index in [1.54, 1.807) is 11.0 Å². The van der Waals surface area contributed by atoms with Crippen LogP contribution in [0.1, 0.15) is 24.5 Å². The number of piperidine rings is 1. The zero-order valence-electron chi connectivity index (χ0n) is 14.8. The normalized spacial score (nSPS) is 20.8. The van der Waals surface area contributed by atoms with E-state index < -0.39 is 23.8 Å². The first kappa shape index (κ1) is 18.9. The SMILES string of the molecule is Cc1ccc(NC(=O)NC(=O)CN2CC(C)CC(C(=O)O)C2)c(C)c1. The van der Waals surface area contributed by atoms with Gasteiger partial charge in [0, 0.05) is 18.8 Å². The molecule has 0 bridgehead atoms. The topological polar surface area (TPSA) is 98.7 Å². The minimum atomic E-state index is -0.843. The Hall–Kier alpha value is -2.41. The van der Waals surface area contributed by atoms with Crippen molar-refractivity contribution in [2.75, 3.05) is 25.0 Å². The van der Waals surface area contributed by atoms with Gasteiger partial charge in [0.15, 0.2) is 0 Å². The zero-order valence-corrected chi connectivity index (χ0v) is 14.8. The predicted octanol–water partition coefficient (Wildman–Crippen LogP) is 1.99. The van der Waals surface area contributed by atoms with Crippen LogP contribution in [0.25, 0.3) is 0 Å². The largest absolute Gasteiger partial charge is 0.481 e. The highest BCUT2D eigenvalue weighted by atomic mass is 16.4. The van der Waals surface area contributed by atoms with Crippen LogP contribution in [-0.4, -0.2) is 47.5 Å². The van der Waals surface area contributed by atoms with Crippen molar-refractivity contribution in [3.8, 4) is 0 Å². The van der Waals surface area contributed by atoms with E-state index in [2.05, 4.69) is 10.6 Å². The lowest BCUT2D eigenvalue weighted by atomic mass is 9.90. The maximum Gasteiger partial charge on any atom is 0.325 e. The van der Waals surface area contributed by atoms with Crippen LogP contribution in [0.3, 0.4) is 0 Å². The molecule has 7 heteroatoms. The van der Waals surface area contributed by atoms with Crippen molar-refractivity contribution in [2.24, 2.45) is 11.8 Å². The van der Waals surface area contributed by atoms with E-state index in [0.29, 0.717) is 25.2 Å². The van der Waals surface area contributed by atoms with Crippen molar-refractivity contribution in [1.29, 1.82) is 0 Å². The number of carbonyl (C=O) groups is 3. The zero-order chi connectivity index (χ0) is 18.6. The maximum absolute atomic E-state index is 12.1. The van der Waals surface area contributed by atoms with Crippen molar-refractivity contribution in [2.45, 2.75) is 27.2 Å². The van der Waals surface area contributed by atoms with Crippen LogP contribution >= 0.6 is 0 Å². The van der Waals surface area contributed by atoms with E-state index in [-0.39, 0.29) is 12.5 Å². The fourth-order valence-corrected chi connectivity index (χ4v) is 3.25. The van der Waals surface area contributed by atoms with Crippen molar-refractivity contribution >= 4 is 23.6 Å². The number of hydrogen-bond acceptors (Lipinski definition) is 4. The molecule has 7 nitrogen and oxygen atoms in total. The number of aliphatic carboxylic acids is 1. The maximum atomic E-state index is 12.1. The first-order chi connectivity index (χ1) is 11.7. The second kappa shape index (κ2) is 8.11. The average molecular weight is 347 g/mol. The van der Waals surface area contributed by atoms with Gasteiger partial charge >= 0.3 is 12.0 Å². The molecule has 3 amide bonds. The third-order valence-electron chi connectivity index (χ3n) is 4.33. The van der Waals surface area contributed by atoms with Crippen molar-refractivity contribution in [1.82, 2.24) is 10.2 Å². The summed E-state index contributed by atoms with van der Waals surface area (Å²) in [6, 6.07) is 5.03. The molecule has 1 aromatic carbocycles. The van der Waals surface area contributed by atoms with Gasteiger partial charge in [-0.1, -0.05) is 24.6 Å². The number of hydrogen-bond donors (Lipinski definition) is 3. The second-order valence-corrected chi connectivity index (χ2v) is 6.89. The van der Waals surface area contributed by atoms with E-state index in [1.807, 2.05) is 32.9 Å². The van der Waals surface area contributed by atoms with Gasteiger partial charge in [-0.3, -0.25) is 19.8 Å². The number of amides is 3. The summed E-state index contributed by atoms with van der Waals surface area (Å²) in [4.78, 5) is 37.0. The quantitative estimate of drug-likeness (QED) is 0.774. The van der Waals surface area contributed by atoms with Gasteiger partial charge in [0.2, 0.25) is 5.91 Å². The number of aryl methyl sites for hydroxylation is 2. The van der Waals surface area contributed by atoms with Gasteiger partial charge in [0.05, 0.1) is 12.5 Å². The Morgan fingerprint density at radius 3 is 2.60 bits per heavy atom. The molecular formula is C18H25N3O4. The van der Waals surface area contributed by atoms with Crippen LogP contribution in [0, 0.1) is 25.7 Å². The molecular weight excluding hydrogens is 322 g/mol. The molecule has 0 radical (unpaired) electrons. The Kier molecular flexibility index (Phi) is 6.14. The number of benzene rings is 1. The van der Waals surface area contributed by atoms with Crippen molar-refractivity contribution in [3.63, 3.8) is 0 Å². The molecule has 0 saturated carbocycles. The molecule has 1 saturated heterocycles. The van der Waals surface area contributed by atoms with Crippen LogP contribution in [-0.2, 0) is 9.59 Å². The molecule has 1 aliphatic heterocycles. The third-order valence-corrected chi connectivity index (χ3v) is 4.33. The fraction of sp³-hybridized carbons (Fsp3) is 0.500. The number of imide groups is 1. The molecule has 0 aromatic heterocycles. The second-order valence-electron chi connectivity index (χ2n) is 6.89. The van der Waals surface area contributed by atoms with Gasteiger partial charge in [-0.05, 0) is 37.8 Å². The summed E-state index contributed by atoms with van der Waals surface area (Å²) in [5.41, 5.74) is 2.65. The van der Waals surface area contributed by atoms with Crippen LogP contribution in [0.15, 0.2) is 18.2 Å². The lowest BCUT2D eigenvalue weighted by molar-refractivity contribution is -0.145. The number of carbonyl (C=O) groups excluding carboxylic acids is 2. The molecule has 2 unspecified atom stereocenters. The number of rotatable bonds is 4. The molecule has 1 aliphatic rings. The minimum absolute atomic E-state index is 0.00835.